The fraction of sp³-hybridized carbons (Fsp3) is 0. The van der Waals surface area contributed by atoms with E-state index in [1.165, 1.54) is 62.4 Å². The summed E-state index contributed by atoms with van der Waals surface area (Å²) in [6.07, 6.45) is 0. The molecule has 0 aliphatic rings. The predicted molar refractivity (Wildman–Crippen MR) is 211 cm³/mol. The number of nitrogens with zero attached hydrogens (tertiary/aromatic N) is 3. The van der Waals surface area contributed by atoms with Crippen molar-refractivity contribution in [2.45, 2.75) is 0 Å². The van der Waals surface area contributed by atoms with Crippen LogP contribution >= 0.6 is 22.7 Å². The number of benzene rings is 7. The van der Waals surface area contributed by atoms with E-state index in [1.807, 2.05) is 22.7 Å². The zero-order valence-electron chi connectivity index (χ0n) is 26.1. The molecule has 11 rings (SSSR count). The Morgan fingerprint density at radius 2 is 1.12 bits per heavy atom. The summed E-state index contributed by atoms with van der Waals surface area (Å²) in [6, 6.07) is 54.2. The summed E-state index contributed by atoms with van der Waals surface area (Å²) in [5, 5.41) is 9.73. The molecule has 11 aromatic rings. The molecule has 0 fully saturated rings. The van der Waals surface area contributed by atoms with E-state index >= 15 is 0 Å². The Kier molecular flexibility index (Phi) is 5.70. The van der Waals surface area contributed by atoms with E-state index in [-0.39, 0.29) is 0 Å². The number of aromatic nitrogens is 3. The first-order valence-corrected chi connectivity index (χ1v) is 18.1. The number of para-hydroxylation sites is 1. The molecule has 7 aromatic carbocycles. The van der Waals surface area contributed by atoms with Crippen LogP contribution in [0.3, 0.4) is 0 Å². The molecule has 0 N–H and O–H groups in total. The van der Waals surface area contributed by atoms with Crippen LogP contribution in [0.15, 0.2) is 152 Å². The van der Waals surface area contributed by atoms with Gasteiger partial charge in [-0.1, -0.05) is 133 Å². The van der Waals surface area contributed by atoms with Crippen LogP contribution < -0.4 is 0 Å². The van der Waals surface area contributed by atoms with Crippen LogP contribution in [0, 0.1) is 0 Å². The Morgan fingerprint density at radius 1 is 0.469 bits per heavy atom. The molecule has 4 aromatic heterocycles. The van der Waals surface area contributed by atoms with E-state index in [1.54, 1.807) is 0 Å². The van der Waals surface area contributed by atoms with Gasteiger partial charge in [0.25, 0.3) is 0 Å². The number of fused-ring (bicyclic) bond motifs is 12. The first-order valence-electron chi connectivity index (χ1n) is 16.4. The van der Waals surface area contributed by atoms with Gasteiger partial charge in [-0.05, 0) is 34.7 Å². The van der Waals surface area contributed by atoms with Crippen molar-refractivity contribution in [1.29, 1.82) is 0 Å². The normalized spacial score (nSPS) is 12.1. The largest absolute Gasteiger partial charge is 0.276 e. The molecule has 0 aliphatic heterocycles. The van der Waals surface area contributed by atoms with Crippen molar-refractivity contribution in [2.75, 3.05) is 0 Å². The molecule has 0 atom stereocenters. The first-order chi connectivity index (χ1) is 24.3. The summed E-state index contributed by atoms with van der Waals surface area (Å²) in [5.74, 6) is 0.685. The molecule has 0 unspecified atom stereocenters. The van der Waals surface area contributed by atoms with E-state index in [9.17, 15) is 0 Å². The Labute approximate surface area is 289 Å². The molecule has 0 spiro atoms. The van der Waals surface area contributed by atoms with Crippen LogP contribution in [0.5, 0.6) is 0 Å². The highest BCUT2D eigenvalue weighted by Crippen LogP contribution is 2.48. The lowest BCUT2D eigenvalue weighted by Gasteiger charge is -2.16. The van der Waals surface area contributed by atoms with E-state index in [2.05, 4.69) is 156 Å². The molecule has 0 amide bonds. The standard InChI is InChI=1S/C44H25N3S2/c1-3-13-26(14-4-1)34-25-35-39(27-15-5-2-6-16-27)45-44(46-40(35)30-19-8-7-17-28(30)34)47-36-21-11-9-18-29(36)31-23-24-33-38-32-20-10-12-22-37(32)48-43(38)49-42(33)41(31)47/h1-25H. The highest BCUT2D eigenvalue weighted by atomic mass is 32.2. The Morgan fingerprint density at radius 3 is 1.94 bits per heavy atom. The molecule has 3 nitrogen and oxygen atoms in total. The van der Waals surface area contributed by atoms with Crippen molar-refractivity contribution >= 4 is 95.7 Å². The van der Waals surface area contributed by atoms with Gasteiger partial charge in [-0.2, -0.15) is 0 Å². The summed E-state index contributed by atoms with van der Waals surface area (Å²) >= 11 is 3.77. The minimum atomic E-state index is 0.685. The first kappa shape index (κ1) is 27.1. The molecule has 0 saturated carbocycles. The van der Waals surface area contributed by atoms with Gasteiger partial charge in [-0.25, -0.2) is 9.97 Å². The maximum atomic E-state index is 5.52. The molecule has 4 heterocycles. The van der Waals surface area contributed by atoms with Crippen molar-refractivity contribution in [3.63, 3.8) is 0 Å². The van der Waals surface area contributed by atoms with Crippen LogP contribution in [-0.2, 0) is 0 Å². The lowest BCUT2D eigenvalue weighted by atomic mass is 9.94. The Bertz CT molecular complexity index is 3100. The highest BCUT2D eigenvalue weighted by Gasteiger charge is 2.23. The van der Waals surface area contributed by atoms with Crippen LogP contribution in [0.4, 0.5) is 0 Å². The molecule has 49 heavy (non-hydrogen) atoms. The minimum Gasteiger partial charge on any atom is -0.276 e. The zero-order valence-corrected chi connectivity index (χ0v) is 27.7. The molecule has 0 bridgehead atoms. The SMILES string of the molecule is c1ccc(-c2cc3c(-c4ccccc4)nc(-n4c5ccccc5c5ccc6c(sc7sc8ccccc8c76)c54)nc3c3ccccc23)cc1. The van der Waals surface area contributed by atoms with E-state index < -0.39 is 0 Å². The third-order valence-electron chi connectivity index (χ3n) is 9.84. The summed E-state index contributed by atoms with van der Waals surface area (Å²) in [7, 11) is 0. The van der Waals surface area contributed by atoms with Crippen LogP contribution in [0.25, 0.3) is 101 Å². The topological polar surface area (TPSA) is 30.7 Å². The Balaban J connectivity index is 1.31. The van der Waals surface area contributed by atoms with Crippen molar-refractivity contribution < 1.29 is 0 Å². The maximum absolute atomic E-state index is 5.52. The molecular formula is C44H25N3S2. The van der Waals surface area contributed by atoms with Crippen molar-refractivity contribution in [3.05, 3.63) is 152 Å². The van der Waals surface area contributed by atoms with E-state index in [0.29, 0.717) is 5.95 Å². The lowest BCUT2D eigenvalue weighted by Crippen LogP contribution is -2.04. The molecule has 228 valence electrons. The van der Waals surface area contributed by atoms with Crippen LogP contribution in [-0.4, -0.2) is 14.5 Å². The summed E-state index contributed by atoms with van der Waals surface area (Å²) in [4.78, 5) is 11.0. The molecular weight excluding hydrogens is 635 g/mol. The summed E-state index contributed by atoms with van der Waals surface area (Å²) in [6.45, 7) is 0. The van der Waals surface area contributed by atoms with Gasteiger partial charge in [-0.15, -0.1) is 22.7 Å². The zero-order chi connectivity index (χ0) is 32.1. The number of hydrogen-bond donors (Lipinski definition) is 0. The van der Waals surface area contributed by atoms with Gasteiger partial charge in [0, 0.05) is 48.0 Å². The van der Waals surface area contributed by atoms with E-state index in [4.69, 9.17) is 9.97 Å². The average molecular weight is 660 g/mol. The monoisotopic (exact) mass is 659 g/mol. The number of rotatable bonds is 3. The average Bonchev–Trinajstić information content (AvgIpc) is 3.83. The second-order valence-corrected chi connectivity index (χ2v) is 14.9. The second kappa shape index (κ2) is 10.3. The van der Waals surface area contributed by atoms with Crippen molar-refractivity contribution in [3.8, 4) is 28.3 Å². The summed E-state index contributed by atoms with van der Waals surface area (Å²) in [5.41, 5.74) is 7.59. The number of thiophene rings is 2. The van der Waals surface area contributed by atoms with Gasteiger partial charge in [-0.3, -0.25) is 4.57 Å². The van der Waals surface area contributed by atoms with E-state index in [0.717, 1.165) is 33.1 Å². The quantitative estimate of drug-likeness (QED) is 0.177. The minimum absolute atomic E-state index is 0.685. The van der Waals surface area contributed by atoms with Gasteiger partial charge in [0.1, 0.15) is 0 Å². The van der Waals surface area contributed by atoms with Gasteiger partial charge in [0.05, 0.1) is 31.0 Å². The van der Waals surface area contributed by atoms with Gasteiger partial charge in [0.15, 0.2) is 0 Å². The summed E-state index contributed by atoms with van der Waals surface area (Å²) < 4.78 is 6.28. The molecule has 5 heteroatoms. The van der Waals surface area contributed by atoms with Crippen LogP contribution in [0.1, 0.15) is 0 Å². The predicted octanol–water partition coefficient (Wildman–Crippen LogP) is 12.8. The van der Waals surface area contributed by atoms with Gasteiger partial charge < -0.3 is 0 Å². The fourth-order valence-corrected chi connectivity index (χ4v) is 10.4. The number of hydrogen-bond acceptors (Lipinski definition) is 4. The molecule has 0 saturated heterocycles. The third-order valence-corrected chi connectivity index (χ3v) is 12.3. The van der Waals surface area contributed by atoms with Crippen LogP contribution in [0.2, 0.25) is 0 Å². The maximum Gasteiger partial charge on any atom is 0.235 e. The van der Waals surface area contributed by atoms with Gasteiger partial charge in [0.2, 0.25) is 5.95 Å². The van der Waals surface area contributed by atoms with Crippen molar-refractivity contribution in [1.82, 2.24) is 14.5 Å². The highest BCUT2D eigenvalue weighted by molar-refractivity contribution is 7.45. The lowest BCUT2D eigenvalue weighted by molar-refractivity contribution is 1.02. The second-order valence-electron chi connectivity index (χ2n) is 12.5. The third kappa shape index (κ3) is 3.88. The molecule has 0 aliphatic carbocycles. The van der Waals surface area contributed by atoms with Crippen molar-refractivity contribution in [2.24, 2.45) is 0 Å². The van der Waals surface area contributed by atoms with Gasteiger partial charge >= 0.3 is 0 Å². The fourth-order valence-electron chi connectivity index (χ4n) is 7.70. The molecule has 0 radical (unpaired) electrons. The Hall–Kier alpha value is -5.88. The smallest absolute Gasteiger partial charge is 0.235 e.